The van der Waals surface area contributed by atoms with Crippen LogP contribution in [0.1, 0.15) is 31.3 Å². The molecule has 0 aromatic carbocycles. The predicted octanol–water partition coefficient (Wildman–Crippen LogP) is 1.03. The number of rotatable bonds is 6. The molecule has 0 saturated heterocycles. The van der Waals surface area contributed by atoms with Crippen LogP contribution in [0.5, 0.6) is 0 Å². The van der Waals surface area contributed by atoms with Gasteiger partial charge >= 0.3 is 5.97 Å². The van der Waals surface area contributed by atoms with Crippen molar-refractivity contribution < 1.29 is 14.5 Å². The van der Waals surface area contributed by atoms with Crippen LogP contribution in [0, 0.1) is 18.3 Å². The number of nitrogens with zero attached hydrogens (tertiary/aromatic N) is 3. The van der Waals surface area contributed by atoms with Crippen LogP contribution in [-0.2, 0) is 24.3 Å². The lowest BCUT2D eigenvalue weighted by Gasteiger charge is -2.01. The molecule has 1 heterocycles. The summed E-state index contributed by atoms with van der Waals surface area (Å²) >= 11 is 0. The normalized spacial score (nSPS) is 10.2. The highest BCUT2D eigenvalue weighted by Gasteiger charge is 2.21. The number of carboxylic acids is 1. The molecule has 92 valence electrons. The van der Waals surface area contributed by atoms with Crippen LogP contribution in [0.2, 0.25) is 0 Å². The molecule has 17 heavy (non-hydrogen) atoms. The van der Waals surface area contributed by atoms with E-state index < -0.39 is 5.97 Å². The monoisotopic (exact) mass is 236 g/mol. The van der Waals surface area contributed by atoms with Gasteiger partial charge in [-0.05, 0) is 6.42 Å². The van der Waals surface area contributed by atoms with E-state index in [2.05, 4.69) is 13.0 Å². The van der Waals surface area contributed by atoms with Crippen molar-refractivity contribution in [2.45, 2.75) is 46.2 Å². The summed E-state index contributed by atoms with van der Waals surface area (Å²) in [5, 5.41) is 17.5. The fourth-order valence-corrected chi connectivity index (χ4v) is 1.95. The molecule has 0 radical (unpaired) electrons. The van der Waals surface area contributed by atoms with Gasteiger partial charge < -0.3 is 5.11 Å². The molecule has 0 amide bonds. The van der Waals surface area contributed by atoms with E-state index in [1.54, 1.807) is 0 Å². The summed E-state index contributed by atoms with van der Waals surface area (Å²) in [6.45, 7) is 4.56. The number of aryl methyl sites for hydroxylation is 2. The third-order valence-corrected chi connectivity index (χ3v) is 2.64. The highest BCUT2D eigenvalue weighted by atomic mass is 16.4. The Morgan fingerprint density at radius 1 is 1.65 bits per heavy atom. The number of nitriles is 1. The van der Waals surface area contributed by atoms with Crippen LogP contribution in [0.3, 0.4) is 0 Å². The van der Waals surface area contributed by atoms with Crippen molar-refractivity contribution in [2.75, 3.05) is 0 Å². The van der Waals surface area contributed by atoms with Crippen molar-refractivity contribution in [1.82, 2.24) is 4.57 Å². The average Bonchev–Trinajstić information content (AvgIpc) is 2.54. The van der Waals surface area contributed by atoms with Crippen molar-refractivity contribution in [2.24, 2.45) is 0 Å². The molecular weight excluding hydrogens is 218 g/mol. The van der Waals surface area contributed by atoms with Crippen LogP contribution in [-0.4, -0.2) is 15.6 Å². The van der Waals surface area contributed by atoms with Gasteiger partial charge in [-0.1, -0.05) is 6.92 Å². The molecule has 5 nitrogen and oxygen atoms in total. The predicted molar refractivity (Wildman–Crippen MR) is 61.2 cm³/mol. The number of hydrogen-bond acceptors (Lipinski definition) is 2. The van der Waals surface area contributed by atoms with Crippen molar-refractivity contribution in [3.63, 3.8) is 0 Å². The van der Waals surface area contributed by atoms with Gasteiger partial charge in [0.25, 0.3) is 5.82 Å². The van der Waals surface area contributed by atoms with Crippen LogP contribution >= 0.6 is 0 Å². The van der Waals surface area contributed by atoms with Gasteiger partial charge in [-0.3, -0.25) is 0 Å². The molecule has 0 spiro atoms. The minimum Gasteiger partial charge on any atom is -0.478 e. The first-order chi connectivity index (χ1) is 8.10. The van der Waals surface area contributed by atoms with Gasteiger partial charge in [0.15, 0.2) is 6.54 Å². The van der Waals surface area contributed by atoms with Gasteiger partial charge in [-0.2, -0.15) is 5.26 Å². The van der Waals surface area contributed by atoms with Gasteiger partial charge in [0, 0.05) is 13.3 Å². The molecule has 1 N–H and O–H groups in total. The molecule has 5 heteroatoms. The Kier molecular flexibility index (Phi) is 4.70. The number of imidazole rings is 1. The van der Waals surface area contributed by atoms with E-state index in [9.17, 15) is 4.79 Å². The van der Waals surface area contributed by atoms with Crippen molar-refractivity contribution in [3.8, 4) is 6.07 Å². The SMILES string of the molecule is CCCc1n(CC(=O)O)c(C)c[n+]1CCC#N. The van der Waals surface area contributed by atoms with E-state index >= 15 is 0 Å². The second-order valence-electron chi connectivity index (χ2n) is 4.02. The zero-order chi connectivity index (χ0) is 12.8. The van der Waals surface area contributed by atoms with Gasteiger partial charge in [0.05, 0.1) is 12.5 Å². The molecule has 0 fully saturated rings. The van der Waals surface area contributed by atoms with Crippen LogP contribution < -0.4 is 4.57 Å². The Balaban J connectivity index is 3.05. The van der Waals surface area contributed by atoms with Crippen LogP contribution in [0.4, 0.5) is 0 Å². The maximum Gasteiger partial charge on any atom is 0.346 e. The summed E-state index contributed by atoms with van der Waals surface area (Å²) in [4.78, 5) is 10.8. The molecule has 0 aliphatic rings. The molecule has 0 aliphatic carbocycles. The average molecular weight is 236 g/mol. The largest absolute Gasteiger partial charge is 0.478 e. The zero-order valence-corrected chi connectivity index (χ0v) is 10.3. The number of hydrogen-bond donors (Lipinski definition) is 1. The third kappa shape index (κ3) is 3.31. The minimum absolute atomic E-state index is 0.0132. The molecule has 0 atom stereocenters. The topological polar surface area (TPSA) is 69.9 Å². The van der Waals surface area contributed by atoms with Crippen molar-refractivity contribution >= 4 is 5.97 Å². The summed E-state index contributed by atoms with van der Waals surface area (Å²) in [6.07, 6.45) is 4.14. The zero-order valence-electron chi connectivity index (χ0n) is 10.3. The standard InChI is InChI=1S/C12H17N3O2/c1-3-5-11-14(7-4-6-13)8-10(2)15(11)9-12(16)17/h8H,3-5,7,9H2,1-2H3/p+1. The second-order valence-corrected chi connectivity index (χ2v) is 4.02. The van der Waals surface area contributed by atoms with Gasteiger partial charge in [-0.15, -0.1) is 0 Å². The van der Waals surface area contributed by atoms with Crippen molar-refractivity contribution in [3.05, 3.63) is 17.7 Å². The molecule has 0 aliphatic heterocycles. The smallest absolute Gasteiger partial charge is 0.346 e. The summed E-state index contributed by atoms with van der Waals surface area (Å²) in [6, 6.07) is 2.11. The van der Waals surface area contributed by atoms with E-state index in [0.29, 0.717) is 13.0 Å². The Morgan fingerprint density at radius 2 is 2.35 bits per heavy atom. The van der Waals surface area contributed by atoms with E-state index in [0.717, 1.165) is 24.4 Å². The third-order valence-electron chi connectivity index (χ3n) is 2.64. The summed E-state index contributed by atoms with van der Waals surface area (Å²) in [5.74, 6) is 0.149. The van der Waals surface area contributed by atoms with Gasteiger partial charge in [0.2, 0.25) is 0 Å². The fraction of sp³-hybridized carbons (Fsp3) is 0.583. The summed E-state index contributed by atoms with van der Waals surface area (Å²) < 4.78 is 3.80. The molecule has 0 unspecified atom stereocenters. The highest BCUT2D eigenvalue weighted by molar-refractivity contribution is 5.66. The number of carbonyl (C=O) groups is 1. The first-order valence-corrected chi connectivity index (χ1v) is 5.77. The molecule has 0 saturated carbocycles. The first kappa shape index (κ1) is 13.2. The molecular formula is C12H18N3O2+. The lowest BCUT2D eigenvalue weighted by atomic mass is 10.3. The lowest BCUT2D eigenvalue weighted by molar-refractivity contribution is -0.702. The lowest BCUT2D eigenvalue weighted by Crippen LogP contribution is -2.37. The second kappa shape index (κ2) is 6.04. The number of carboxylic acid groups (broad SMARTS) is 1. The quantitative estimate of drug-likeness (QED) is 0.750. The number of aliphatic carboxylic acids is 1. The minimum atomic E-state index is -0.839. The fourth-order valence-electron chi connectivity index (χ4n) is 1.95. The van der Waals surface area contributed by atoms with E-state index in [1.165, 1.54) is 0 Å². The molecule has 0 bridgehead atoms. The van der Waals surface area contributed by atoms with E-state index in [-0.39, 0.29) is 6.54 Å². The molecule has 1 aromatic rings. The summed E-state index contributed by atoms with van der Waals surface area (Å²) in [5.41, 5.74) is 0.925. The maximum absolute atomic E-state index is 10.8. The van der Waals surface area contributed by atoms with Crippen LogP contribution in [0.25, 0.3) is 0 Å². The Morgan fingerprint density at radius 3 is 2.88 bits per heavy atom. The first-order valence-electron chi connectivity index (χ1n) is 5.77. The summed E-state index contributed by atoms with van der Waals surface area (Å²) in [7, 11) is 0. The van der Waals surface area contributed by atoms with Crippen molar-refractivity contribution in [1.29, 1.82) is 5.26 Å². The highest BCUT2D eigenvalue weighted by Crippen LogP contribution is 2.06. The van der Waals surface area contributed by atoms with Crippen LogP contribution in [0.15, 0.2) is 6.20 Å². The number of aromatic nitrogens is 2. The molecule has 1 rings (SSSR count). The van der Waals surface area contributed by atoms with Gasteiger partial charge in [-0.25, -0.2) is 13.9 Å². The van der Waals surface area contributed by atoms with Gasteiger partial charge in [0.1, 0.15) is 18.4 Å². The molecule has 1 aromatic heterocycles. The Bertz CT molecular complexity index is 443. The Hall–Kier alpha value is -1.83. The van der Waals surface area contributed by atoms with E-state index in [4.69, 9.17) is 10.4 Å². The Labute approximate surface area is 101 Å². The maximum atomic E-state index is 10.8. The van der Waals surface area contributed by atoms with E-state index in [1.807, 2.05) is 22.3 Å².